The fourth-order valence-electron chi connectivity index (χ4n) is 3.49. The summed E-state index contributed by atoms with van der Waals surface area (Å²) in [4.78, 5) is 17.3. The van der Waals surface area contributed by atoms with Crippen LogP contribution < -0.4 is 5.32 Å². The van der Waals surface area contributed by atoms with E-state index in [2.05, 4.69) is 36.2 Å². The standard InChI is InChI=1S/C16H24N2O2S/c1-3-13-16(20)18(11-5-7-12(19)8-6-11)15(17-13)14-9-4-10(2)21-14/h4,9,11-13,15,17,19H,3,5-8H2,1-2H3. The van der Waals surface area contributed by atoms with Gasteiger partial charge in [0.1, 0.15) is 6.17 Å². The summed E-state index contributed by atoms with van der Waals surface area (Å²) < 4.78 is 0. The second-order valence-corrected chi connectivity index (χ2v) is 7.51. The first-order valence-electron chi connectivity index (χ1n) is 7.92. The number of hydrogen-bond donors (Lipinski definition) is 2. The Hall–Kier alpha value is -0.910. The van der Waals surface area contributed by atoms with Crippen LogP contribution in [-0.4, -0.2) is 34.1 Å². The summed E-state index contributed by atoms with van der Waals surface area (Å²) in [6, 6.07) is 4.45. The smallest absolute Gasteiger partial charge is 0.241 e. The SMILES string of the molecule is CCC1NC(c2ccc(C)s2)N(C2CCC(O)CC2)C1=O. The van der Waals surface area contributed by atoms with Crippen molar-refractivity contribution in [1.29, 1.82) is 0 Å². The molecule has 0 spiro atoms. The van der Waals surface area contributed by atoms with Crippen molar-refractivity contribution < 1.29 is 9.90 Å². The molecule has 1 amide bonds. The van der Waals surface area contributed by atoms with Crippen LogP contribution in [0.3, 0.4) is 0 Å². The van der Waals surface area contributed by atoms with Crippen molar-refractivity contribution in [1.82, 2.24) is 10.2 Å². The van der Waals surface area contributed by atoms with Gasteiger partial charge in [0, 0.05) is 15.8 Å². The summed E-state index contributed by atoms with van der Waals surface area (Å²) >= 11 is 1.76. The fourth-order valence-corrected chi connectivity index (χ4v) is 4.43. The lowest BCUT2D eigenvalue weighted by Crippen LogP contribution is -2.42. The lowest BCUT2D eigenvalue weighted by molar-refractivity contribution is -0.133. The van der Waals surface area contributed by atoms with E-state index in [4.69, 9.17) is 0 Å². The third kappa shape index (κ3) is 2.87. The second-order valence-electron chi connectivity index (χ2n) is 6.19. The molecule has 2 N–H and O–H groups in total. The van der Waals surface area contributed by atoms with E-state index in [1.54, 1.807) is 11.3 Å². The zero-order chi connectivity index (χ0) is 15.0. The van der Waals surface area contributed by atoms with Gasteiger partial charge < -0.3 is 10.0 Å². The topological polar surface area (TPSA) is 52.6 Å². The minimum atomic E-state index is -0.184. The number of aliphatic hydroxyl groups excluding tert-OH is 1. The van der Waals surface area contributed by atoms with E-state index in [9.17, 15) is 9.90 Å². The van der Waals surface area contributed by atoms with Crippen LogP contribution >= 0.6 is 11.3 Å². The highest BCUT2D eigenvalue weighted by molar-refractivity contribution is 7.12. The van der Waals surface area contributed by atoms with Gasteiger partial charge in [0.25, 0.3) is 0 Å². The lowest BCUT2D eigenvalue weighted by atomic mass is 9.91. The van der Waals surface area contributed by atoms with Crippen LogP contribution in [0, 0.1) is 6.92 Å². The monoisotopic (exact) mass is 308 g/mol. The number of hydrogen-bond acceptors (Lipinski definition) is 4. The van der Waals surface area contributed by atoms with Gasteiger partial charge in [-0.3, -0.25) is 10.1 Å². The zero-order valence-corrected chi connectivity index (χ0v) is 13.5. The Morgan fingerprint density at radius 1 is 1.33 bits per heavy atom. The number of amides is 1. The third-order valence-electron chi connectivity index (χ3n) is 4.69. The van der Waals surface area contributed by atoms with Crippen molar-refractivity contribution in [2.24, 2.45) is 0 Å². The molecule has 3 rings (SSSR count). The Bertz CT molecular complexity index is 508. The summed E-state index contributed by atoms with van der Waals surface area (Å²) in [6.45, 7) is 4.16. The van der Waals surface area contributed by atoms with E-state index in [1.807, 2.05) is 0 Å². The second kappa shape index (κ2) is 6.07. The summed E-state index contributed by atoms with van der Waals surface area (Å²) in [6.07, 6.45) is 4.09. The third-order valence-corrected chi connectivity index (χ3v) is 5.74. The number of carbonyl (C=O) groups is 1. The van der Waals surface area contributed by atoms with E-state index in [0.29, 0.717) is 0 Å². The predicted octanol–water partition coefficient (Wildman–Crippen LogP) is 2.57. The quantitative estimate of drug-likeness (QED) is 0.902. The molecule has 1 aromatic rings. The molecule has 1 saturated carbocycles. The minimum Gasteiger partial charge on any atom is -0.393 e. The lowest BCUT2D eigenvalue weighted by Gasteiger charge is -2.36. The molecule has 1 aliphatic carbocycles. The Morgan fingerprint density at radius 2 is 2.05 bits per heavy atom. The number of aryl methyl sites for hydroxylation is 1. The number of rotatable bonds is 3. The van der Waals surface area contributed by atoms with Crippen molar-refractivity contribution in [2.45, 2.75) is 70.3 Å². The molecule has 0 radical (unpaired) electrons. The first-order valence-corrected chi connectivity index (χ1v) is 8.74. The molecule has 4 nitrogen and oxygen atoms in total. The van der Waals surface area contributed by atoms with Crippen LogP contribution in [-0.2, 0) is 4.79 Å². The van der Waals surface area contributed by atoms with Crippen molar-refractivity contribution >= 4 is 17.2 Å². The summed E-state index contributed by atoms with van der Waals surface area (Å²) in [5.74, 6) is 0.231. The molecule has 2 fully saturated rings. The van der Waals surface area contributed by atoms with Crippen molar-refractivity contribution in [2.75, 3.05) is 0 Å². The van der Waals surface area contributed by atoms with Gasteiger partial charge in [0.05, 0.1) is 12.1 Å². The van der Waals surface area contributed by atoms with Crippen LogP contribution in [0.15, 0.2) is 12.1 Å². The molecular weight excluding hydrogens is 284 g/mol. The summed E-state index contributed by atoms with van der Waals surface area (Å²) in [5, 5.41) is 13.2. The van der Waals surface area contributed by atoms with Crippen molar-refractivity contribution in [3.8, 4) is 0 Å². The Morgan fingerprint density at radius 3 is 2.62 bits per heavy atom. The number of aliphatic hydroxyl groups is 1. The Balaban J connectivity index is 1.84. The average Bonchev–Trinajstić information content (AvgIpc) is 3.03. The normalized spacial score (nSPS) is 33.7. The molecule has 2 heterocycles. The van der Waals surface area contributed by atoms with E-state index < -0.39 is 0 Å². The van der Waals surface area contributed by atoms with E-state index in [0.717, 1.165) is 32.1 Å². The van der Waals surface area contributed by atoms with Crippen molar-refractivity contribution in [3.63, 3.8) is 0 Å². The van der Waals surface area contributed by atoms with Gasteiger partial charge in [-0.15, -0.1) is 11.3 Å². The molecule has 1 saturated heterocycles. The molecule has 0 bridgehead atoms. The van der Waals surface area contributed by atoms with Gasteiger partial charge in [-0.2, -0.15) is 0 Å². The van der Waals surface area contributed by atoms with Gasteiger partial charge >= 0.3 is 0 Å². The Kier molecular flexibility index (Phi) is 4.33. The first-order chi connectivity index (χ1) is 10.1. The fraction of sp³-hybridized carbons (Fsp3) is 0.688. The van der Waals surface area contributed by atoms with Crippen LogP contribution in [0.1, 0.15) is 54.9 Å². The highest BCUT2D eigenvalue weighted by Gasteiger charge is 2.43. The molecule has 2 unspecified atom stereocenters. The van der Waals surface area contributed by atoms with Gasteiger partial charge in [-0.1, -0.05) is 6.92 Å². The predicted molar refractivity (Wildman–Crippen MR) is 84.1 cm³/mol. The minimum absolute atomic E-state index is 0.0152. The molecule has 1 aliphatic heterocycles. The maximum absolute atomic E-state index is 12.7. The summed E-state index contributed by atoms with van der Waals surface area (Å²) in [5.41, 5.74) is 0. The molecule has 5 heteroatoms. The number of carbonyl (C=O) groups excluding carboxylic acids is 1. The molecular formula is C16H24N2O2S. The van der Waals surface area contributed by atoms with Crippen molar-refractivity contribution in [3.05, 3.63) is 21.9 Å². The molecule has 2 atom stereocenters. The van der Waals surface area contributed by atoms with Crippen LogP contribution in [0.5, 0.6) is 0 Å². The molecule has 116 valence electrons. The van der Waals surface area contributed by atoms with Crippen LogP contribution in [0.2, 0.25) is 0 Å². The maximum Gasteiger partial charge on any atom is 0.241 e. The Labute approximate surface area is 130 Å². The summed E-state index contributed by atoms with van der Waals surface area (Å²) in [7, 11) is 0. The number of thiophene rings is 1. The molecule has 21 heavy (non-hydrogen) atoms. The maximum atomic E-state index is 12.7. The van der Waals surface area contributed by atoms with Gasteiger partial charge in [0.15, 0.2) is 0 Å². The van der Waals surface area contributed by atoms with Gasteiger partial charge in [-0.05, 0) is 51.2 Å². The van der Waals surface area contributed by atoms with Gasteiger partial charge in [-0.25, -0.2) is 0 Å². The van der Waals surface area contributed by atoms with Crippen LogP contribution in [0.25, 0.3) is 0 Å². The molecule has 1 aromatic heterocycles. The molecule has 0 aromatic carbocycles. The largest absolute Gasteiger partial charge is 0.393 e. The highest BCUT2D eigenvalue weighted by Crippen LogP contribution is 2.36. The van der Waals surface area contributed by atoms with E-state index in [-0.39, 0.29) is 30.3 Å². The van der Waals surface area contributed by atoms with E-state index in [1.165, 1.54) is 9.75 Å². The zero-order valence-electron chi connectivity index (χ0n) is 12.7. The first kappa shape index (κ1) is 15.0. The van der Waals surface area contributed by atoms with Crippen LogP contribution in [0.4, 0.5) is 0 Å². The van der Waals surface area contributed by atoms with Gasteiger partial charge in [0.2, 0.25) is 5.91 Å². The highest BCUT2D eigenvalue weighted by atomic mass is 32.1. The average molecular weight is 308 g/mol. The number of nitrogens with zero attached hydrogens (tertiary/aromatic N) is 1. The number of nitrogens with one attached hydrogen (secondary N) is 1. The van der Waals surface area contributed by atoms with E-state index >= 15 is 0 Å². The molecule has 2 aliphatic rings.